The first-order valence-electron chi connectivity index (χ1n) is 4.71. The molecule has 1 amide bonds. The number of anilines is 1. The number of carbonyl (C=O) groups is 1. The molecule has 0 atom stereocenters. The van der Waals surface area contributed by atoms with Gasteiger partial charge in [-0.15, -0.1) is 11.3 Å². The second-order valence-corrected chi connectivity index (χ2v) is 4.10. The van der Waals surface area contributed by atoms with E-state index in [0.717, 1.165) is 0 Å². The van der Waals surface area contributed by atoms with Gasteiger partial charge in [0.1, 0.15) is 15.2 Å². The molecule has 84 valence electrons. The SMILES string of the molecule is NCCNC(=O)c1sc2nccnc2c1N. The van der Waals surface area contributed by atoms with Gasteiger partial charge in [0.15, 0.2) is 0 Å². The highest BCUT2D eigenvalue weighted by atomic mass is 32.1. The van der Waals surface area contributed by atoms with Crippen LogP contribution in [0.25, 0.3) is 10.3 Å². The van der Waals surface area contributed by atoms with Crippen LogP contribution in [0.3, 0.4) is 0 Å². The molecule has 0 aromatic carbocycles. The molecular weight excluding hydrogens is 226 g/mol. The van der Waals surface area contributed by atoms with E-state index in [1.54, 1.807) is 12.4 Å². The molecule has 7 heteroatoms. The van der Waals surface area contributed by atoms with E-state index in [1.165, 1.54) is 11.3 Å². The average Bonchev–Trinajstić information content (AvgIpc) is 2.64. The summed E-state index contributed by atoms with van der Waals surface area (Å²) < 4.78 is 0. The summed E-state index contributed by atoms with van der Waals surface area (Å²) >= 11 is 1.23. The Kier molecular flexibility index (Phi) is 2.97. The van der Waals surface area contributed by atoms with Crippen LogP contribution in [0.15, 0.2) is 12.4 Å². The van der Waals surface area contributed by atoms with Crippen molar-refractivity contribution in [3.05, 3.63) is 17.3 Å². The third-order valence-electron chi connectivity index (χ3n) is 2.00. The third kappa shape index (κ3) is 1.82. The van der Waals surface area contributed by atoms with Crippen LogP contribution in [-0.4, -0.2) is 29.0 Å². The van der Waals surface area contributed by atoms with Gasteiger partial charge in [0.25, 0.3) is 5.91 Å². The van der Waals surface area contributed by atoms with Gasteiger partial charge in [-0.1, -0.05) is 0 Å². The number of hydrogen-bond donors (Lipinski definition) is 3. The van der Waals surface area contributed by atoms with Gasteiger partial charge < -0.3 is 16.8 Å². The van der Waals surface area contributed by atoms with Crippen LogP contribution in [0.2, 0.25) is 0 Å². The Morgan fingerprint density at radius 1 is 1.44 bits per heavy atom. The van der Waals surface area contributed by atoms with Gasteiger partial charge in [-0.2, -0.15) is 0 Å². The minimum Gasteiger partial charge on any atom is -0.396 e. The molecule has 0 saturated carbocycles. The first kappa shape index (κ1) is 10.8. The number of nitrogen functional groups attached to an aromatic ring is 1. The van der Waals surface area contributed by atoms with Gasteiger partial charge in [-0.3, -0.25) is 4.79 Å². The molecule has 0 spiro atoms. The molecule has 16 heavy (non-hydrogen) atoms. The fourth-order valence-electron chi connectivity index (χ4n) is 1.28. The molecule has 0 saturated heterocycles. The van der Waals surface area contributed by atoms with Gasteiger partial charge in [0.05, 0.1) is 5.69 Å². The summed E-state index contributed by atoms with van der Waals surface area (Å²) in [4.78, 5) is 21.0. The summed E-state index contributed by atoms with van der Waals surface area (Å²) in [5, 5.41) is 2.66. The minimum absolute atomic E-state index is 0.229. The number of aromatic nitrogens is 2. The quantitative estimate of drug-likeness (QED) is 0.694. The van der Waals surface area contributed by atoms with Gasteiger partial charge in [0.2, 0.25) is 0 Å². The highest BCUT2D eigenvalue weighted by Crippen LogP contribution is 2.29. The number of thiophene rings is 1. The van der Waals surface area contributed by atoms with E-state index < -0.39 is 0 Å². The Morgan fingerprint density at radius 3 is 2.88 bits per heavy atom. The number of hydrogen-bond acceptors (Lipinski definition) is 6. The molecule has 0 bridgehead atoms. The van der Waals surface area contributed by atoms with E-state index in [4.69, 9.17) is 11.5 Å². The van der Waals surface area contributed by atoms with Crippen molar-refractivity contribution >= 4 is 33.3 Å². The van der Waals surface area contributed by atoms with Crippen LogP contribution >= 0.6 is 11.3 Å². The molecular formula is C9H11N5OS. The van der Waals surface area contributed by atoms with Crippen LogP contribution in [-0.2, 0) is 0 Å². The average molecular weight is 237 g/mol. The smallest absolute Gasteiger partial charge is 0.263 e. The summed E-state index contributed by atoms with van der Waals surface area (Å²) in [6, 6.07) is 0. The summed E-state index contributed by atoms with van der Waals surface area (Å²) in [5.74, 6) is -0.229. The Bertz CT molecular complexity index is 524. The fourth-order valence-corrected chi connectivity index (χ4v) is 2.22. The summed E-state index contributed by atoms with van der Waals surface area (Å²) in [5.41, 5.74) is 12.1. The van der Waals surface area contributed by atoms with Gasteiger partial charge in [-0.05, 0) is 0 Å². The van der Waals surface area contributed by atoms with Crippen molar-refractivity contribution < 1.29 is 4.79 Å². The molecule has 0 aliphatic heterocycles. The lowest BCUT2D eigenvalue weighted by Gasteiger charge is -2.00. The van der Waals surface area contributed by atoms with Crippen molar-refractivity contribution in [3.8, 4) is 0 Å². The topological polar surface area (TPSA) is 107 Å². The molecule has 6 nitrogen and oxygen atoms in total. The van der Waals surface area contributed by atoms with Gasteiger partial charge in [0, 0.05) is 25.5 Å². The second kappa shape index (κ2) is 4.42. The lowest BCUT2D eigenvalue weighted by molar-refractivity contribution is 0.0959. The lowest BCUT2D eigenvalue weighted by Crippen LogP contribution is -2.28. The molecule has 0 radical (unpaired) electrons. The first-order chi connectivity index (χ1) is 7.74. The van der Waals surface area contributed by atoms with E-state index in [2.05, 4.69) is 15.3 Å². The van der Waals surface area contributed by atoms with Crippen molar-refractivity contribution in [3.63, 3.8) is 0 Å². The van der Waals surface area contributed by atoms with Crippen molar-refractivity contribution in [2.24, 2.45) is 5.73 Å². The number of nitrogens with one attached hydrogen (secondary N) is 1. The van der Waals surface area contributed by atoms with Crippen LogP contribution < -0.4 is 16.8 Å². The van der Waals surface area contributed by atoms with Crippen LogP contribution in [0.1, 0.15) is 9.67 Å². The third-order valence-corrected chi connectivity index (χ3v) is 3.10. The zero-order chi connectivity index (χ0) is 11.5. The number of rotatable bonds is 3. The van der Waals surface area contributed by atoms with Crippen LogP contribution in [0.4, 0.5) is 5.69 Å². The molecule has 0 aliphatic carbocycles. The predicted octanol–water partition coefficient (Wildman–Crippen LogP) is -0.0380. The largest absolute Gasteiger partial charge is 0.396 e. The fraction of sp³-hybridized carbons (Fsp3) is 0.222. The van der Waals surface area contributed by atoms with Crippen molar-refractivity contribution in [1.29, 1.82) is 0 Å². The summed E-state index contributed by atoms with van der Waals surface area (Å²) in [7, 11) is 0. The maximum Gasteiger partial charge on any atom is 0.263 e. The highest BCUT2D eigenvalue weighted by molar-refractivity contribution is 7.21. The number of nitrogens with zero attached hydrogens (tertiary/aromatic N) is 2. The lowest BCUT2D eigenvalue weighted by atomic mass is 10.3. The van der Waals surface area contributed by atoms with E-state index in [1.807, 2.05) is 0 Å². The van der Waals surface area contributed by atoms with E-state index >= 15 is 0 Å². The first-order valence-corrected chi connectivity index (χ1v) is 5.53. The number of nitrogens with two attached hydrogens (primary N) is 2. The molecule has 5 N–H and O–H groups in total. The number of carbonyl (C=O) groups excluding carboxylic acids is 1. The maximum absolute atomic E-state index is 11.7. The molecule has 2 heterocycles. The normalized spacial score (nSPS) is 10.6. The Morgan fingerprint density at radius 2 is 2.19 bits per heavy atom. The Hall–Kier alpha value is -1.73. The predicted molar refractivity (Wildman–Crippen MR) is 63.2 cm³/mol. The van der Waals surface area contributed by atoms with Crippen molar-refractivity contribution in [1.82, 2.24) is 15.3 Å². The van der Waals surface area contributed by atoms with Gasteiger partial charge >= 0.3 is 0 Å². The minimum atomic E-state index is -0.229. The number of fused-ring (bicyclic) bond motifs is 1. The standard InChI is InChI=1S/C9H11N5OS/c10-1-2-13-8(15)7-5(11)6-9(16-7)14-4-3-12-6/h3-4H,1-2,10-11H2,(H,13,15). The Labute approximate surface area is 95.7 Å². The van der Waals surface area contributed by atoms with E-state index in [9.17, 15) is 4.79 Å². The highest BCUT2D eigenvalue weighted by Gasteiger charge is 2.16. The number of amides is 1. The zero-order valence-corrected chi connectivity index (χ0v) is 9.25. The summed E-state index contributed by atoms with van der Waals surface area (Å²) in [6.07, 6.45) is 3.12. The van der Waals surface area contributed by atoms with Crippen molar-refractivity contribution in [2.45, 2.75) is 0 Å². The molecule has 0 aliphatic rings. The molecule has 2 aromatic rings. The second-order valence-electron chi connectivity index (χ2n) is 3.10. The van der Waals surface area contributed by atoms with E-state index in [0.29, 0.717) is 34.0 Å². The Balaban J connectivity index is 2.37. The van der Waals surface area contributed by atoms with Crippen LogP contribution in [0, 0.1) is 0 Å². The van der Waals surface area contributed by atoms with E-state index in [-0.39, 0.29) is 5.91 Å². The molecule has 0 unspecified atom stereocenters. The maximum atomic E-state index is 11.7. The van der Waals surface area contributed by atoms with Gasteiger partial charge in [-0.25, -0.2) is 9.97 Å². The summed E-state index contributed by atoms with van der Waals surface area (Å²) in [6.45, 7) is 0.820. The molecule has 0 fully saturated rings. The van der Waals surface area contributed by atoms with Crippen LogP contribution in [0.5, 0.6) is 0 Å². The van der Waals surface area contributed by atoms with Crippen molar-refractivity contribution in [2.75, 3.05) is 18.8 Å². The molecule has 2 aromatic heterocycles. The monoisotopic (exact) mass is 237 g/mol. The molecule has 2 rings (SSSR count). The zero-order valence-electron chi connectivity index (χ0n) is 8.43.